The molecule has 0 aliphatic carbocycles. The average Bonchev–Trinajstić information content (AvgIpc) is 2.32. The van der Waals surface area contributed by atoms with E-state index in [0.717, 1.165) is 0 Å². The van der Waals surface area contributed by atoms with E-state index in [-0.39, 0.29) is 11.9 Å². The van der Waals surface area contributed by atoms with E-state index >= 15 is 0 Å². The van der Waals surface area contributed by atoms with Crippen molar-refractivity contribution in [1.29, 1.82) is 5.26 Å². The number of hydrogen-bond donors (Lipinski definition) is 0. The van der Waals surface area contributed by atoms with E-state index in [9.17, 15) is 4.79 Å². The lowest BCUT2D eigenvalue weighted by Crippen LogP contribution is -2.52. The molecule has 1 aromatic rings. The molecule has 1 aliphatic heterocycles. The predicted octanol–water partition coefficient (Wildman–Crippen LogP) is 1.69. The third kappa shape index (κ3) is 2.19. The molecule has 1 amide bonds. The van der Waals surface area contributed by atoms with Crippen LogP contribution < -0.4 is 0 Å². The molecule has 1 aromatic carbocycles. The summed E-state index contributed by atoms with van der Waals surface area (Å²) in [6.07, 6.45) is 0. The molecule has 0 saturated carbocycles. The minimum absolute atomic E-state index is 0.122. The van der Waals surface area contributed by atoms with Crippen LogP contribution in [0.1, 0.15) is 15.9 Å². The highest BCUT2D eigenvalue weighted by Crippen LogP contribution is 2.16. The van der Waals surface area contributed by atoms with Crippen LogP contribution in [0.25, 0.3) is 10.4 Å². The molecule has 6 nitrogen and oxygen atoms in total. The van der Waals surface area contributed by atoms with Gasteiger partial charge in [-0.1, -0.05) is 11.2 Å². The zero-order chi connectivity index (χ0) is 12.3. The van der Waals surface area contributed by atoms with E-state index in [0.29, 0.717) is 24.2 Å². The first-order valence-corrected chi connectivity index (χ1v) is 5.08. The van der Waals surface area contributed by atoms with Crippen LogP contribution in [0.5, 0.6) is 0 Å². The van der Waals surface area contributed by atoms with Gasteiger partial charge < -0.3 is 4.90 Å². The maximum atomic E-state index is 11.9. The third-order valence-corrected chi connectivity index (χ3v) is 2.60. The number of hydrogen-bond acceptors (Lipinski definition) is 3. The smallest absolute Gasteiger partial charge is 0.253 e. The Bertz CT molecular complexity index is 535. The number of nitriles is 1. The Balaban J connectivity index is 2.06. The number of likely N-dealkylation sites (tertiary alicyclic amines) is 1. The van der Waals surface area contributed by atoms with E-state index in [2.05, 4.69) is 10.0 Å². The Labute approximate surface area is 97.7 Å². The van der Waals surface area contributed by atoms with Crippen LogP contribution in [0.2, 0.25) is 0 Å². The van der Waals surface area contributed by atoms with Crippen molar-refractivity contribution in [3.8, 4) is 6.07 Å². The van der Waals surface area contributed by atoms with E-state index in [1.807, 2.05) is 6.07 Å². The maximum Gasteiger partial charge on any atom is 0.253 e. The van der Waals surface area contributed by atoms with Crippen LogP contribution in [0.4, 0.5) is 0 Å². The summed E-state index contributed by atoms with van der Waals surface area (Å²) in [5, 5.41) is 12.3. The van der Waals surface area contributed by atoms with Crippen molar-refractivity contribution in [3.63, 3.8) is 0 Å². The Morgan fingerprint density at radius 3 is 3.00 bits per heavy atom. The molecule has 0 aromatic heterocycles. The van der Waals surface area contributed by atoms with Crippen molar-refractivity contribution >= 4 is 5.91 Å². The standard InChI is InChI=1S/C11H9N5O/c12-5-8-2-1-3-9(4-8)11(17)16-6-10(7-16)14-15-13/h1-4,10H,6-7H2. The molecule has 1 saturated heterocycles. The predicted molar refractivity (Wildman–Crippen MR) is 60.0 cm³/mol. The van der Waals surface area contributed by atoms with Crippen LogP contribution in [0, 0.1) is 11.3 Å². The van der Waals surface area contributed by atoms with Gasteiger partial charge in [-0.3, -0.25) is 4.79 Å². The normalized spacial score (nSPS) is 14.4. The first-order valence-electron chi connectivity index (χ1n) is 5.08. The van der Waals surface area contributed by atoms with Gasteiger partial charge in [0.2, 0.25) is 0 Å². The van der Waals surface area contributed by atoms with Crippen molar-refractivity contribution < 1.29 is 4.79 Å². The average molecular weight is 227 g/mol. The van der Waals surface area contributed by atoms with Gasteiger partial charge in [0.05, 0.1) is 17.7 Å². The fraction of sp³-hybridized carbons (Fsp3) is 0.273. The van der Waals surface area contributed by atoms with E-state index in [1.165, 1.54) is 0 Å². The molecule has 1 heterocycles. The summed E-state index contributed by atoms with van der Waals surface area (Å²) in [6.45, 7) is 0.888. The lowest BCUT2D eigenvalue weighted by molar-refractivity contribution is 0.0608. The van der Waals surface area contributed by atoms with Crippen molar-refractivity contribution in [3.05, 3.63) is 45.8 Å². The van der Waals surface area contributed by atoms with Crippen molar-refractivity contribution in [2.75, 3.05) is 13.1 Å². The van der Waals surface area contributed by atoms with Crippen LogP contribution in [0.3, 0.4) is 0 Å². The summed E-state index contributed by atoms with van der Waals surface area (Å²) >= 11 is 0. The Morgan fingerprint density at radius 2 is 2.35 bits per heavy atom. The van der Waals surface area contributed by atoms with Crippen LogP contribution in [-0.4, -0.2) is 29.9 Å². The number of carbonyl (C=O) groups is 1. The molecule has 2 rings (SSSR count). The minimum Gasteiger partial charge on any atom is -0.338 e. The van der Waals surface area contributed by atoms with Crippen LogP contribution in [0.15, 0.2) is 29.4 Å². The van der Waals surface area contributed by atoms with Gasteiger partial charge in [-0.25, -0.2) is 0 Å². The molecule has 1 fully saturated rings. The Hall–Kier alpha value is -2.51. The molecule has 0 radical (unpaired) electrons. The second kappa shape index (κ2) is 4.56. The number of amides is 1. The minimum atomic E-state index is -0.133. The van der Waals surface area contributed by atoms with E-state index < -0.39 is 0 Å². The lowest BCUT2D eigenvalue weighted by atomic mass is 10.1. The molecule has 0 atom stereocenters. The quantitative estimate of drug-likeness (QED) is 0.436. The van der Waals surface area contributed by atoms with Crippen molar-refractivity contribution in [2.24, 2.45) is 5.11 Å². The molecule has 6 heteroatoms. The molecular formula is C11H9N5O. The summed E-state index contributed by atoms with van der Waals surface area (Å²) in [5.41, 5.74) is 9.18. The van der Waals surface area contributed by atoms with Gasteiger partial charge in [0.25, 0.3) is 5.91 Å². The monoisotopic (exact) mass is 227 g/mol. The lowest BCUT2D eigenvalue weighted by Gasteiger charge is -2.36. The Morgan fingerprint density at radius 1 is 1.59 bits per heavy atom. The molecule has 17 heavy (non-hydrogen) atoms. The molecule has 0 unspecified atom stereocenters. The molecule has 0 bridgehead atoms. The largest absolute Gasteiger partial charge is 0.338 e. The highest BCUT2D eigenvalue weighted by atomic mass is 16.2. The first kappa shape index (κ1) is 11.0. The van der Waals surface area contributed by atoms with Crippen LogP contribution in [-0.2, 0) is 0 Å². The fourth-order valence-corrected chi connectivity index (χ4v) is 1.67. The second-order valence-corrected chi connectivity index (χ2v) is 3.76. The first-order chi connectivity index (χ1) is 8.24. The number of azide groups is 1. The van der Waals surface area contributed by atoms with Gasteiger partial charge in [0.1, 0.15) is 0 Å². The number of benzene rings is 1. The summed E-state index contributed by atoms with van der Waals surface area (Å²) in [6, 6.07) is 8.42. The highest BCUT2D eigenvalue weighted by Gasteiger charge is 2.30. The molecule has 1 aliphatic rings. The highest BCUT2D eigenvalue weighted by molar-refractivity contribution is 5.95. The van der Waals surface area contributed by atoms with Gasteiger partial charge in [0, 0.05) is 23.6 Å². The van der Waals surface area contributed by atoms with Gasteiger partial charge in [-0.15, -0.1) is 0 Å². The number of nitrogens with zero attached hydrogens (tertiary/aromatic N) is 5. The summed E-state index contributed by atoms with van der Waals surface area (Å²) in [4.78, 5) is 16.2. The van der Waals surface area contributed by atoms with Gasteiger partial charge in [-0.2, -0.15) is 5.26 Å². The summed E-state index contributed by atoms with van der Waals surface area (Å²) in [5.74, 6) is -0.133. The SMILES string of the molecule is N#Cc1cccc(C(=O)N2CC(N=[N+]=[N-])C2)c1. The number of carbonyl (C=O) groups excluding carboxylic acids is 1. The van der Waals surface area contributed by atoms with Crippen molar-refractivity contribution in [1.82, 2.24) is 4.90 Å². The van der Waals surface area contributed by atoms with E-state index in [4.69, 9.17) is 10.8 Å². The van der Waals surface area contributed by atoms with Gasteiger partial charge in [0.15, 0.2) is 0 Å². The van der Waals surface area contributed by atoms with Crippen LogP contribution >= 0.6 is 0 Å². The zero-order valence-corrected chi connectivity index (χ0v) is 8.95. The van der Waals surface area contributed by atoms with Gasteiger partial charge in [-0.05, 0) is 23.7 Å². The van der Waals surface area contributed by atoms with Crippen molar-refractivity contribution in [2.45, 2.75) is 6.04 Å². The fourth-order valence-electron chi connectivity index (χ4n) is 1.67. The summed E-state index contributed by atoms with van der Waals surface area (Å²) < 4.78 is 0. The molecular weight excluding hydrogens is 218 g/mol. The summed E-state index contributed by atoms with van der Waals surface area (Å²) in [7, 11) is 0. The zero-order valence-electron chi connectivity index (χ0n) is 8.95. The Kier molecular flexibility index (Phi) is 2.95. The molecule has 0 spiro atoms. The third-order valence-electron chi connectivity index (χ3n) is 2.60. The second-order valence-electron chi connectivity index (χ2n) is 3.76. The number of rotatable bonds is 2. The molecule has 84 valence electrons. The topological polar surface area (TPSA) is 92.9 Å². The van der Waals surface area contributed by atoms with E-state index in [1.54, 1.807) is 29.2 Å². The molecule has 0 N–H and O–H groups in total. The maximum absolute atomic E-state index is 11.9. The van der Waals surface area contributed by atoms with Gasteiger partial charge >= 0.3 is 0 Å².